The number of amides is 7. The number of thiol groups is 1. The first-order valence-corrected chi connectivity index (χ1v) is 23.5. The number of anilines is 1. The van der Waals surface area contributed by atoms with Gasteiger partial charge in [-0.2, -0.15) is 22.9 Å². The molecule has 6 atom stereocenters. The number of rotatable bonds is 31. The van der Waals surface area contributed by atoms with Crippen molar-refractivity contribution in [2.75, 3.05) is 51.0 Å². The minimum absolute atomic E-state index is 0.0547. The zero-order valence-corrected chi connectivity index (χ0v) is 40.8. The highest BCUT2D eigenvalue weighted by atomic mass is 32.1. The molecule has 23 nitrogen and oxygen atoms in total. The Labute approximate surface area is 417 Å². The summed E-state index contributed by atoms with van der Waals surface area (Å²) in [6, 6.07) is 12.4. The van der Waals surface area contributed by atoms with Crippen LogP contribution in [0, 0.1) is 0 Å². The molecule has 14 N–H and O–H groups in total. The number of aliphatic hydroxyl groups excluding tert-OH is 1. The second kappa shape index (κ2) is 30.5. The average molecular weight is 1010 g/mol. The van der Waals surface area contributed by atoms with Crippen molar-refractivity contribution in [3.63, 3.8) is 0 Å². The lowest BCUT2D eigenvalue weighted by Crippen LogP contribution is -2.59. The van der Waals surface area contributed by atoms with Gasteiger partial charge < -0.3 is 68.9 Å². The van der Waals surface area contributed by atoms with Gasteiger partial charge in [0.05, 0.1) is 24.5 Å². The average Bonchev–Trinajstić information content (AvgIpc) is 3.35. The summed E-state index contributed by atoms with van der Waals surface area (Å²) in [5.41, 5.74) is 13.9. The second-order valence-corrected chi connectivity index (χ2v) is 16.9. The summed E-state index contributed by atoms with van der Waals surface area (Å²) < 4.78 is 0. The Morgan fingerprint density at radius 1 is 0.704 bits per heavy atom. The molecule has 7 amide bonds. The van der Waals surface area contributed by atoms with Crippen LogP contribution in [0.15, 0.2) is 83.0 Å². The molecule has 0 saturated carbocycles. The van der Waals surface area contributed by atoms with Crippen LogP contribution in [-0.4, -0.2) is 145 Å². The molecule has 3 rings (SSSR count). The van der Waals surface area contributed by atoms with Gasteiger partial charge in [0.1, 0.15) is 36.0 Å². The van der Waals surface area contributed by atoms with E-state index in [4.69, 9.17) is 11.5 Å². The largest absolute Gasteiger partial charge is 0.508 e. The number of aliphatic carboxylic acids is 1. The van der Waals surface area contributed by atoms with E-state index in [2.05, 4.69) is 60.1 Å². The molecule has 0 spiro atoms. The fourth-order valence-corrected chi connectivity index (χ4v) is 6.95. The number of phenols is 1. The summed E-state index contributed by atoms with van der Waals surface area (Å²) in [7, 11) is 3.85. The van der Waals surface area contributed by atoms with Gasteiger partial charge >= 0.3 is 5.97 Å². The summed E-state index contributed by atoms with van der Waals surface area (Å²) in [5, 5.41) is 56.0. The lowest BCUT2D eigenvalue weighted by Gasteiger charge is -2.26. The molecule has 0 unspecified atom stereocenters. The van der Waals surface area contributed by atoms with Crippen molar-refractivity contribution in [3.05, 3.63) is 83.9 Å². The van der Waals surface area contributed by atoms with Crippen LogP contribution in [0.3, 0.4) is 0 Å². The Hall–Kier alpha value is -7.15. The van der Waals surface area contributed by atoms with Crippen LogP contribution in [0.2, 0.25) is 0 Å². The number of nitrogens with one attached hydrogen (secondary N) is 7. The molecule has 386 valence electrons. The molecule has 0 heterocycles. The van der Waals surface area contributed by atoms with Crippen LogP contribution in [0.4, 0.5) is 17.1 Å². The van der Waals surface area contributed by atoms with Gasteiger partial charge in [0.2, 0.25) is 35.4 Å². The molecule has 0 radical (unpaired) electrons. The van der Waals surface area contributed by atoms with Crippen molar-refractivity contribution in [2.24, 2.45) is 21.7 Å². The van der Waals surface area contributed by atoms with Crippen molar-refractivity contribution < 1.29 is 53.7 Å². The first-order chi connectivity index (χ1) is 33.9. The number of primary amides is 1. The van der Waals surface area contributed by atoms with Crippen molar-refractivity contribution >= 4 is 77.0 Å². The zero-order valence-electron chi connectivity index (χ0n) is 39.9. The third-order valence-corrected chi connectivity index (χ3v) is 11.2. The van der Waals surface area contributed by atoms with Gasteiger partial charge in [-0.05, 0) is 105 Å². The summed E-state index contributed by atoms with van der Waals surface area (Å²) in [6.45, 7) is 0.333. The quantitative estimate of drug-likeness (QED) is 0.0230. The first kappa shape index (κ1) is 58.2. The van der Waals surface area contributed by atoms with Crippen LogP contribution < -0.4 is 53.6 Å². The minimum Gasteiger partial charge on any atom is -0.508 e. The molecule has 71 heavy (non-hydrogen) atoms. The Morgan fingerprint density at radius 3 is 1.83 bits per heavy atom. The molecule has 0 aliphatic heterocycles. The molecule has 0 aliphatic rings. The van der Waals surface area contributed by atoms with Gasteiger partial charge in [-0.3, -0.25) is 38.4 Å². The number of hydrogen-bond donors (Lipinski definition) is 13. The van der Waals surface area contributed by atoms with E-state index in [1.165, 1.54) is 36.4 Å². The fourth-order valence-electron chi connectivity index (χ4n) is 6.69. The van der Waals surface area contributed by atoms with Crippen molar-refractivity contribution in [1.82, 2.24) is 37.2 Å². The number of carboxylic acids is 1. The second-order valence-electron chi connectivity index (χ2n) is 16.6. The van der Waals surface area contributed by atoms with Gasteiger partial charge in [-0.25, -0.2) is 0 Å². The number of nitrogens with two attached hydrogens (primary N) is 2. The Morgan fingerprint density at radius 2 is 1.28 bits per heavy atom. The van der Waals surface area contributed by atoms with Crippen molar-refractivity contribution in [3.8, 4) is 5.75 Å². The molecule has 3 aromatic carbocycles. The molecular formula is C47H66N12O11S. The zero-order chi connectivity index (χ0) is 52.5. The number of nitrogens with zero attached hydrogens (tertiary/aromatic N) is 3. The molecule has 24 heteroatoms. The lowest BCUT2D eigenvalue weighted by molar-refractivity contribution is -0.137. The Kier molecular flexibility index (Phi) is 25.0. The smallest absolute Gasteiger partial charge is 0.303 e. The number of carboxylic acid groups (broad SMARTS) is 1. The number of hydrogen-bond acceptors (Lipinski definition) is 16. The van der Waals surface area contributed by atoms with Gasteiger partial charge in [-0.15, -0.1) is 0 Å². The highest BCUT2D eigenvalue weighted by Crippen LogP contribution is 2.22. The Balaban J connectivity index is 1.62. The van der Waals surface area contributed by atoms with Gasteiger partial charge in [0.15, 0.2) is 0 Å². The summed E-state index contributed by atoms with van der Waals surface area (Å²) in [6.07, 6.45) is 0.745. The van der Waals surface area contributed by atoms with E-state index in [1.54, 1.807) is 19.1 Å². The molecule has 0 aliphatic carbocycles. The Bertz CT molecular complexity index is 2270. The summed E-state index contributed by atoms with van der Waals surface area (Å²) in [5.74, 6) is -6.60. The predicted molar refractivity (Wildman–Crippen MR) is 267 cm³/mol. The van der Waals surface area contributed by atoms with Crippen LogP contribution in [0.1, 0.15) is 61.4 Å². The maximum Gasteiger partial charge on any atom is 0.303 e. The third-order valence-electron chi connectivity index (χ3n) is 10.8. The lowest BCUT2D eigenvalue weighted by atomic mass is 10.0. The van der Waals surface area contributed by atoms with Gasteiger partial charge in [-0.1, -0.05) is 19.1 Å². The fraction of sp³-hybridized carbons (Fsp3) is 0.447. The molecule has 0 saturated heterocycles. The van der Waals surface area contributed by atoms with E-state index in [9.17, 15) is 53.7 Å². The first-order valence-electron chi connectivity index (χ1n) is 22.9. The van der Waals surface area contributed by atoms with Crippen LogP contribution in [0.5, 0.6) is 5.75 Å². The molecule has 0 aromatic heterocycles. The van der Waals surface area contributed by atoms with Gasteiger partial charge in [0.25, 0.3) is 5.91 Å². The van der Waals surface area contributed by atoms with Crippen molar-refractivity contribution in [2.45, 2.75) is 88.1 Å². The SMILES string of the molecule is CC[C@H](NC(=O)[C@H](Cc1ccc(O)cc1)NC(=O)[C@H](CO)NC[C@H](CCC(=O)O)NC(=O)CNC(=O)[C@H](CS)NC(=O)c1ccc(N=Nc2ccc(N(C)C)cc2)cc1)C(=O)N[C@@H](CCCCN)C(N)=O. The highest BCUT2D eigenvalue weighted by Gasteiger charge is 2.31. The van der Waals surface area contributed by atoms with Crippen LogP contribution in [0.25, 0.3) is 0 Å². The maximum absolute atomic E-state index is 13.8. The van der Waals surface area contributed by atoms with Gasteiger partial charge in [0, 0.05) is 56.5 Å². The van der Waals surface area contributed by atoms with Crippen molar-refractivity contribution in [1.29, 1.82) is 0 Å². The van der Waals surface area contributed by atoms with E-state index in [-0.39, 0.29) is 49.3 Å². The maximum atomic E-state index is 13.8. The molecule has 3 aromatic rings. The number of benzene rings is 3. The van der Waals surface area contributed by atoms with E-state index in [1.807, 2.05) is 43.3 Å². The number of carbonyl (C=O) groups excluding carboxylic acids is 7. The number of azo groups is 1. The van der Waals surface area contributed by atoms with E-state index in [0.29, 0.717) is 36.3 Å². The number of unbranched alkanes of at least 4 members (excludes halogenated alkanes) is 1. The number of phenolic OH excluding ortho intramolecular Hbond substituents is 1. The number of aliphatic hydroxyl groups is 1. The predicted octanol–water partition coefficient (Wildman–Crippen LogP) is 0.0395. The monoisotopic (exact) mass is 1010 g/mol. The normalized spacial score (nSPS) is 13.6. The summed E-state index contributed by atoms with van der Waals surface area (Å²) in [4.78, 5) is 105. The topological polar surface area (TPSA) is 361 Å². The van der Waals surface area contributed by atoms with Crippen LogP contribution >= 0.6 is 12.6 Å². The van der Waals surface area contributed by atoms with E-state index >= 15 is 0 Å². The minimum atomic E-state index is -1.41. The number of carbonyl (C=O) groups is 8. The highest BCUT2D eigenvalue weighted by molar-refractivity contribution is 7.80. The molecular weight excluding hydrogens is 941 g/mol. The molecule has 0 bridgehead atoms. The number of aromatic hydroxyl groups is 1. The van der Waals surface area contributed by atoms with Crippen LogP contribution in [-0.2, 0) is 40.0 Å². The standard InChI is InChI=1S/C47H66N12O11S/c1-4-35(45(68)54-36(42(49)65)7-5-6-22-48)53-46(69)37(23-28-8-19-34(61)20-9-28)55-47(70)38(26-60)50-24-32(16-21-41(63)64)52-40(62)25-51-44(67)39(27-71)56-43(66)29-10-12-30(13-11-29)57-58-31-14-17-33(18-15-31)59(2)3/h8-15,17-20,32,35-39,50,60-61,71H,4-7,16,21-27,48H2,1-3H3,(H2,49,65)(H,51,67)(H,52,62)(H,53,69)(H,54,68)(H,55,70)(H,56,66)(H,63,64)/t32-,35-,36-,37-,38-,39-/m0/s1. The third kappa shape index (κ3) is 20.8. The molecule has 0 fully saturated rings. The van der Waals surface area contributed by atoms with E-state index in [0.717, 1.165) is 5.69 Å². The van der Waals surface area contributed by atoms with E-state index < -0.39 is 103 Å². The summed E-state index contributed by atoms with van der Waals surface area (Å²) >= 11 is 4.19.